The van der Waals surface area contributed by atoms with E-state index in [0.717, 1.165) is 54.5 Å². The Labute approximate surface area is 190 Å². The van der Waals surface area contributed by atoms with Gasteiger partial charge in [-0.2, -0.15) is 5.10 Å². The number of hydrogen-bond acceptors (Lipinski definition) is 4. The number of carbonyl (C=O) groups is 2. The number of halogens is 2. The molecule has 1 aliphatic heterocycles. The van der Waals surface area contributed by atoms with Gasteiger partial charge in [-0.05, 0) is 79.1 Å². The lowest BCUT2D eigenvalue weighted by Gasteiger charge is -2.29. The SMILES string of the molecule is O=C(OCC(=O)N1N=C2C(=Cc3ccc(F)cc3)CCCC2C1c1ccc(F)cc1)C1CC1. The Morgan fingerprint density at radius 2 is 1.67 bits per heavy atom. The average molecular weight is 450 g/mol. The van der Waals surface area contributed by atoms with E-state index in [1.165, 1.54) is 29.3 Å². The second-order valence-electron chi connectivity index (χ2n) is 8.82. The number of esters is 1. The molecular formula is C26H24F2N2O3. The molecule has 5 rings (SSSR count). The molecule has 0 saturated heterocycles. The smallest absolute Gasteiger partial charge is 0.309 e. The molecule has 7 heteroatoms. The maximum Gasteiger partial charge on any atom is 0.309 e. The monoisotopic (exact) mass is 450 g/mol. The Morgan fingerprint density at radius 3 is 2.33 bits per heavy atom. The van der Waals surface area contributed by atoms with E-state index in [0.29, 0.717) is 0 Å². The van der Waals surface area contributed by atoms with Crippen LogP contribution in [-0.4, -0.2) is 29.2 Å². The van der Waals surface area contributed by atoms with Gasteiger partial charge in [-0.1, -0.05) is 24.3 Å². The van der Waals surface area contributed by atoms with Gasteiger partial charge in [-0.15, -0.1) is 0 Å². The quantitative estimate of drug-likeness (QED) is 0.600. The molecule has 0 aromatic heterocycles. The summed E-state index contributed by atoms with van der Waals surface area (Å²) in [5, 5.41) is 6.10. The molecule has 3 aliphatic rings. The molecule has 2 fully saturated rings. The highest BCUT2D eigenvalue weighted by molar-refractivity contribution is 6.08. The lowest BCUT2D eigenvalue weighted by atomic mass is 9.77. The minimum atomic E-state index is -0.402. The highest BCUT2D eigenvalue weighted by Gasteiger charge is 2.44. The first-order valence-electron chi connectivity index (χ1n) is 11.3. The molecule has 5 nitrogen and oxygen atoms in total. The first-order valence-corrected chi connectivity index (χ1v) is 11.3. The van der Waals surface area contributed by atoms with Crippen molar-refractivity contribution in [2.45, 2.75) is 38.1 Å². The van der Waals surface area contributed by atoms with Crippen molar-refractivity contribution in [3.8, 4) is 0 Å². The summed E-state index contributed by atoms with van der Waals surface area (Å²) in [7, 11) is 0. The maximum atomic E-state index is 13.6. The molecule has 2 atom stereocenters. The third kappa shape index (κ3) is 4.58. The second kappa shape index (κ2) is 8.89. The highest BCUT2D eigenvalue weighted by atomic mass is 19.1. The number of carbonyl (C=O) groups excluding carboxylic acids is 2. The van der Waals surface area contributed by atoms with Gasteiger partial charge in [0.15, 0.2) is 6.61 Å². The zero-order valence-corrected chi connectivity index (χ0v) is 18.0. The van der Waals surface area contributed by atoms with E-state index in [1.807, 2.05) is 6.08 Å². The number of benzene rings is 2. The first kappa shape index (κ1) is 21.5. The minimum Gasteiger partial charge on any atom is -0.455 e. The van der Waals surface area contributed by atoms with Gasteiger partial charge in [0.1, 0.15) is 11.6 Å². The number of amides is 1. The van der Waals surface area contributed by atoms with Gasteiger partial charge in [0.05, 0.1) is 17.7 Å². The fourth-order valence-corrected chi connectivity index (χ4v) is 4.60. The van der Waals surface area contributed by atoms with E-state index >= 15 is 0 Å². The van der Waals surface area contributed by atoms with E-state index in [1.54, 1.807) is 24.3 Å². The number of ether oxygens (including phenoxy) is 1. The topological polar surface area (TPSA) is 59.0 Å². The average Bonchev–Trinajstić information content (AvgIpc) is 3.60. The van der Waals surface area contributed by atoms with Gasteiger partial charge in [0, 0.05) is 5.92 Å². The summed E-state index contributed by atoms with van der Waals surface area (Å²) in [5.41, 5.74) is 3.44. The number of hydrogen-bond donors (Lipinski definition) is 0. The summed E-state index contributed by atoms with van der Waals surface area (Å²) in [6, 6.07) is 11.9. The molecule has 2 aromatic carbocycles. The Bertz CT molecular complexity index is 1120. The Balaban J connectivity index is 1.46. The van der Waals surface area contributed by atoms with Crippen LogP contribution >= 0.6 is 0 Å². The van der Waals surface area contributed by atoms with E-state index in [4.69, 9.17) is 9.84 Å². The summed E-state index contributed by atoms with van der Waals surface area (Å²) in [6.45, 7) is -0.368. The Kier molecular flexibility index (Phi) is 5.79. The van der Waals surface area contributed by atoms with E-state index in [9.17, 15) is 18.4 Å². The summed E-state index contributed by atoms with van der Waals surface area (Å²) in [6.07, 6.45) is 6.11. The van der Waals surface area contributed by atoms with Gasteiger partial charge in [0.2, 0.25) is 0 Å². The molecule has 2 aliphatic carbocycles. The van der Waals surface area contributed by atoms with Crippen LogP contribution in [0.5, 0.6) is 0 Å². The van der Waals surface area contributed by atoms with Crippen LogP contribution in [0.3, 0.4) is 0 Å². The van der Waals surface area contributed by atoms with Crippen molar-refractivity contribution in [3.05, 3.63) is 76.9 Å². The fraction of sp³-hybridized carbons (Fsp3) is 0.346. The molecule has 0 radical (unpaired) electrons. The number of rotatable bonds is 5. The van der Waals surface area contributed by atoms with Gasteiger partial charge < -0.3 is 4.74 Å². The van der Waals surface area contributed by atoms with Gasteiger partial charge in [-0.25, -0.2) is 13.8 Å². The maximum absolute atomic E-state index is 13.6. The summed E-state index contributed by atoms with van der Waals surface area (Å²) in [4.78, 5) is 25.0. The summed E-state index contributed by atoms with van der Waals surface area (Å²) >= 11 is 0. The third-order valence-corrected chi connectivity index (χ3v) is 6.43. The third-order valence-electron chi connectivity index (χ3n) is 6.43. The van der Waals surface area contributed by atoms with Crippen molar-refractivity contribution < 1.29 is 23.1 Å². The van der Waals surface area contributed by atoms with Crippen molar-refractivity contribution in [3.63, 3.8) is 0 Å². The van der Waals surface area contributed by atoms with Crippen LogP contribution in [0.1, 0.15) is 49.3 Å². The van der Waals surface area contributed by atoms with Crippen molar-refractivity contribution in [1.29, 1.82) is 0 Å². The molecule has 33 heavy (non-hydrogen) atoms. The molecule has 1 amide bonds. The zero-order valence-electron chi connectivity index (χ0n) is 18.0. The first-order chi connectivity index (χ1) is 16.0. The molecule has 1 heterocycles. The van der Waals surface area contributed by atoms with Crippen LogP contribution in [0, 0.1) is 23.5 Å². The van der Waals surface area contributed by atoms with Crippen molar-refractivity contribution >= 4 is 23.7 Å². The normalized spacial score (nSPS) is 23.3. The van der Waals surface area contributed by atoms with E-state index in [-0.39, 0.29) is 36.0 Å². The summed E-state index contributed by atoms with van der Waals surface area (Å²) in [5.74, 6) is -1.55. The van der Waals surface area contributed by atoms with Crippen LogP contribution in [0.2, 0.25) is 0 Å². The van der Waals surface area contributed by atoms with Crippen LogP contribution in [0.15, 0.2) is 59.2 Å². The lowest BCUT2D eigenvalue weighted by molar-refractivity contribution is -0.154. The lowest BCUT2D eigenvalue weighted by Crippen LogP contribution is -2.34. The van der Waals surface area contributed by atoms with E-state index in [2.05, 4.69) is 0 Å². The molecule has 170 valence electrons. The van der Waals surface area contributed by atoms with Gasteiger partial charge in [0.25, 0.3) is 5.91 Å². The Morgan fingerprint density at radius 1 is 1.00 bits per heavy atom. The molecule has 0 spiro atoms. The predicted molar refractivity (Wildman–Crippen MR) is 119 cm³/mol. The zero-order chi connectivity index (χ0) is 22.9. The molecule has 0 N–H and O–H groups in total. The van der Waals surface area contributed by atoms with Crippen molar-refractivity contribution in [2.24, 2.45) is 16.9 Å². The summed E-state index contributed by atoms with van der Waals surface area (Å²) < 4.78 is 32.1. The fourth-order valence-electron chi connectivity index (χ4n) is 4.60. The molecule has 2 saturated carbocycles. The van der Waals surface area contributed by atoms with Crippen LogP contribution in [0.4, 0.5) is 8.78 Å². The number of fused-ring (bicyclic) bond motifs is 1. The van der Waals surface area contributed by atoms with Crippen LogP contribution in [-0.2, 0) is 14.3 Å². The molecule has 0 bridgehead atoms. The molecule has 2 aromatic rings. The highest BCUT2D eigenvalue weighted by Crippen LogP contribution is 2.44. The van der Waals surface area contributed by atoms with Crippen molar-refractivity contribution in [1.82, 2.24) is 5.01 Å². The van der Waals surface area contributed by atoms with Gasteiger partial charge in [-0.3, -0.25) is 9.59 Å². The Hall–Kier alpha value is -3.35. The number of nitrogens with zero attached hydrogens (tertiary/aromatic N) is 2. The standard InChI is InChI=1S/C26H24F2N2O3/c27-20-10-4-16(5-11-20)14-19-2-1-3-22-24(19)29-30(23(31)15-33-26(32)18-6-7-18)25(22)17-8-12-21(28)13-9-17/h4-5,8-14,18,22,25H,1-3,6-7,15H2. The largest absolute Gasteiger partial charge is 0.455 e. The minimum absolute atomic E-state index is 0.0565. The van der Waals surface area contributed by atoms with E-state index < -0.39 is 11.9 Å². The van der Waals surface area contributed by atoms with Crippen molar-refractivity contribution in [2.75, 3.05) is 6.61 Å². The van der Waals surface area contributed by atoms with Crippen LogP contribution in [0.25, 0.3) is 6.08 Å². The van der Waals surface area contributed by atoms with Crippen LogP contribution < -0.4 is 0 Å². The second-order valence-corrected chi connectivity index (χ2v) is 8.82. The van der Waals surface area contributed by atoms with Gasteiger partial charge >= 0.3 is 5.97 Å². The molecular weight excluding hydrogens is 426 g/mol. The predicted octanol–water partition coefficient (Wildman–Crippen LogP) is 5.04. The number of hydrazone groups is 1. The molecule has 2 unspecified atom stereocenters. The number of allylic oxidation sites excluding steroid dienone is 1.